The molecule has 0 spiro atoms. The minimum absolute atomic E-state index is 0.0115. The summed E-state index contributed by atoms with van der Waals surface area (Å²) in [6, 6.07) is 24.6. The number of ether oxygens (including phenoxy) is 2. The van der Waals surface area contributed by atoms with Gasteiger partial charge in [-0.3, -0.25) is 14.4 Å². The van der Waals surface area contributed by atoms with Crippen LogP contribution in [-0.4, -0.2) is 56.4 Å². The Kier molecular flexibility index (Phi) is 15.7. The fourth-order valence-electron chi connectivity index (χ4n) is 10.1. The van der Waals surface area contributed by atoms with E-state index in [0.29, 0.717) is 6.61 Å². The van der Waals surface area contributed by atoms with Crippen LogP contribution >= 0.6 is 0 Å². The van der Waals surface area contributed by atoms with Crippen LogP contribution in [0.3, 0.4) is 0 Å². The monoisotopic (exact) mass is 843 g/mol. The van der Waals surface area contributed by atoms with Gasteiger partial charge < -0.3 is 9.47 Å². The first kappa shape index (κ1) is 51.6. The zero-order valence-electron chi connectivity index (χ0n) is 41.9. The lowest BCUT2D eigenvalue weighted by atomic mass is 9.35. The fourth-order valence-corrected chi connectivity index (χ4v) is 10.1. The van der Waals surface area contributed by atoms with Gasteiger partial charge in [-0.05, 0) is 87.0 Å². The SMILES string of the molecule is CCCCOC(=O)C(C)(C(C)(C)C(C)(C)C(CC(C)(C)C)c1ccccc1)C(C)(C)C(C)(C)C(C)(C(=O)OCC[N+](C)(C)OC(=O)Cc1cccc2ccccc12)C(C)(C)C. The molecule has 0 radical (unpaired) electrons. The first-order valence-corrected chi connectivity index (χ1v) is 22.7. The van der Waals surface area contributed by atoms with Crippen LogP contribution in [0.15, 0.2) is 72.8 Å². The Balaban J connectivity index is 2.05. The predicted molar refractivity (Wildman–Crippen MR) is 252 cm³/mol. The van der Waals surface area contributed by atoms with E-state index in [2.05, 4.69) is 141 Å². The van der Waals surface area contributed by atoms with E-state index in [1.165, 1.54) is 5.56 Å². The zero-order chi connectivity index (χ0) is 46.7. The van der Waals surface area contributed by atoms with Crippen LogP contribution in [0.4, 0.5) is 0 Å². The van der Waals surface area contributed by atoms with Crippen LogP contribution in [0.1, 0.15) is 154 Å². The molecule has 0 amide bonds. The van der Waals surface area contributed by atoms with Crippen LogP contribution in [0.5, 0.6) is 0 Å². The van der Waals surface area contributed by atoms with Gasteiger partial charge in [0.25, 0.3) is 0 Å². The van der Waals surface area contributed by atoms with Crippen LogP contribution < -0.4 is 0 Å². The van der Waals surface area contributed by atoms with Gasteiger partial charge in [-0.2, -0.15) is 0 Å². The summed E-state index contributed by atoms with van der Waals surface area (Å²) in [6.07, 6.45) is 2.72. The lowest BCUT2D eigenvalue weighted by Crippen LogP contribution is -2.68. The number of esters is 2. The first-order valence-electron chi connectivity index (χ1n) is 22.7. The predicted octanol–water partition coefficient (Wildman–Crippen LogP) is 13.2. The van der Waals surface area contributed by atoms with E-state index in [1.54, 1.807) is 14.1 Å². The average molecular weight is 843 g/mol. The molecular weight excluding hydrogens is 759 g/mol. The Morgan fingerprint density at radius 2 is 1.11 bits per heavy atom. The Labute approximate surface area is 371 Å². The third-order valence-electron chi connectivity index (χ3n) is 16.3. The molecule has 0 saturated carbocycles. The molecule has 0 aliphatic carbocycles. The maximum absolute atomic E-state index is 15.3. The average Bonchev–Trinajstić information content (AvgIpc) is 3.15. The minimum atomic E-state index is -1.12. The van der Waals surface area contributed by atoms with E-state index in [-0.39, 0.29) is 53.5 Å². The topological polar surface area (TPSA) is 78.9 Å². The number of unbranched alkanes of at least 4 members (excludes halogenated alkanes) is 1. The number of carbonyl (C=O) groups is 3. The van der Waals surface area contributed by atoms with Crippen molar-refractivity contribution in [3.63, 3.8) is 0 Å². The lowest BCUT2D eigenvalue weighted by Gasteiger charge is -2.67. The Bertz CT molecular complexity index is 1950. The van der Waals surface area contributed by atoms with Gasteiger partial charge in [0.1, 0.15) is 20.7 Å². The van der Waals surface area contributed by atoms with Crippen molar-refractivity contribution < 1.29 is 33.3 Å². The van der Waals surface area contributed by atoms with Gasteiger partial charge in [0, 0.05) is 0 Å². The van der Waals surface area contributed by atoms with Crippen molar-refractivity contribution in [3.8, 4) is 0 Å². The van der Waals surface area contributed by atoms with Gasteiger partial charge in [0.15, 0.2) is 6.54 Å². The summed E-state index contributed by atoms with van der Waals surface area (Å²) in [5.41, 5.74) is -3.52. The van der Waals surface area contributed by atoms with Crippen molar-refractivity contribution >= 4 is 28.7 Å². The van der Waals surface area contributed by atoms with Crippen molar-refractivity contribution in [1.82, 2.24) is 0 Å². The number of hydrogen-bond acceptors (Lipinski definition) is 6. The molecule has 0 bridgehead atoms. The molecule has 0 aromatic heterocycles. The van der Waals surface area contributed by atoms with Gasteiger partial charge in [-0.15, -0.1) is 4.65 Å². The standard InChI is InChI=1S/C54H84NO6/c1-20-21-35-59-46(58)54(17,50(10,11)49(8,9)43(38-47(2,3)4)40-29-23-22-24-30-40)52(14,15)51(12,13)53(16,48(5,6)7)45(57)60-36-34-55(18,19)61-44(56)37-41-32-27-31-39-28-25-26-33-42(39)41/h22-33,43H,20-21,34-38H2,1-19H3/q+1. The normalized spacial score (nSPS) is 16.0. The third-order valence-corrected chi connectivity index (χ3v) is 16.3. The van der Waals surface area contributed by atoms with Crippen molar-refractivity contribution in [2.75, 3.05) is 33.9 Å². The van der Waals surface area contributed by atoms with E-state index in [1.807, 2.05) is 49.4 Å². The molecule has 0 saturated heterocycles. The molecule has 0 aliphatic rings. The van der Waals surface area contributed by atoms with Gasteiger partial charge in [-0.1, -0.05) is 183 Å². The highest BCUT2D eigenvalue weighted by Crippen LogP contribution is 2.72. The molecule has 0 heterocycles. The number of hydroxylamine groups is 3. The van der Waals surface area contributed by atoms with Gasteiger partial charge in [0.2, 0.25) is 0 Å². The molecule has 3 rings (SSSR count). The molecule has 7 nitrogen and oxygen atoms in total. The van der Waals surface area contributed by atoms with E-state index in [9.17, 15) is 4.79 Å². The zero-order valence-corrected chi connectivity index (χ0v) is 41.9. The number of carbonyl (C=O) groups excluding carboxylic acids is 3. The molecule has 61 heavy (non-hydrogen) atoms. The second-order valence-corrected chi connectivity index (χ2v) is 23.0. The molecule has 3 aromatic rings. The molecular formula is C54H84NO6+. The smallest absolute Gasteiger partial charge is 0.370 e. The molecule has 3 unspecified atom stereocenters. The molecule has 3 aromatic carbocycles. The van der Waals surface area contributed by atoms with E-state index >= 15 is 9.59 Å². The van der Waals surface area contributed by atoms with Crippen LogP contribution in [-0.2, 0) is 35.1 Å². The summed E-state index contributed by atoms with van der Waals surface area (Å²) in [4.78, 5) is 49.6. The number of rotatable bonds is 19. The highest BCUT2D eigenvalue weighted by molar-refractivity contribution is 5.89. The fraction of sp³-hybridized carbons (Fsp3) is 0.648. The Morgan fingerprint density at radius 3 is 1.67 bits per heavy atom. The molecule has 0 fully saturated rings. The second-order valence-electron chi connectivity index (χ2n) is 23.0. The summed E-state index contributed by atoms with van der Waals surface area (Å²) in [5, 5.41) is 2.09. The van der Waals surface area contributed by atoms with Crippen molar-refractivity contribution in [2.45, 2.75) is 149 Å². The van der Waals surface area contributed by atoms with E-state index < -0.39 is 37.9 Å². The summed E-state index contributed by atoms with van der Waals surface area (Å²) >= 11 is 0. The van der Waals surface area contributed by atoms with Crippen molar-refractivity contribution in [1.29, 1.82) is 0 Å². The number of quaternary nitrogens is 1. The molecule has 3 atom stereocenters. The van der Waals surface area contributed by atoms with Crippen LogP contribution in [0, 0.1) is 43.3 Å². The highest BCUT2D eigenvalue weighted by atomic mass is 16.7. The molecule has 7 heteroatoms. The van der Waals surface area contributed by atoms with Crippen LogP contribution in [0.2, 0.25) is 0 Å². The summed E-state index contributed by atoms with van der Waals surface area (Å²) in [5.74, 6) is -0.850. The first-order chi connectivity index (χ1) is 27.8. The van der Waals surface area contributed by atoms with Crippen LogP contribution in [0.25, 0.3) is 10.8 Å². The Morgan fingerprint density at radius 1 is 0.607 bits per heavy atom. The lowest BCUT2D eigenvalue weighted by molar-refractivity contribution is -1.06. The summed E-state index contributed by atoms with van der Waals surface area (Å²) in [6.45, 7) is 37.7. The summed E-state index contributed by atoms with van der Waals surface area (Å²) in [7, 11) is 3.60. The van der Waals surface area contributed by atoms with Gasteiger partial charge in [-0.25, -0.2) is 4.79 Å². The number of hydrogen-bond donors (Lipinski definition) is 0. The Hall–Kier alpha value is -3.71. The second kappa shape index (κ2) is 18.6. The largest absolute Gasteiger partial charge is 0.465 e. The van der Waals surface area contributed by atoms with Crippen molar-refractivity contribution in [3.05, 3.63) is 83.9 Å². The highest BCUT2D eigenvalue weighted by Gasteiger charge is 2.72. The number of nitrogens with zero attached hydrogens (tertiary/aromatic N) is 1. The molecule has 340 valence electrons. The molecule has 0 aliphatic heterocycles. The number of benzene rings is 3. The third kappa shape index (κ3) is 10.2. The maximum atomic E-state index is 15.3. The van der Waals surface area contributed by atoms with E-state index in [0.717, 1.165) is 35.6 Å². The quantitative estimate of drug-likeness (QED) is 0.0518. The number of fused-ring (bicyclic) bond motifs is 1. The van der Waals surface area contributed by atoms with Gasteiger partial charge in [0.05, 0.1) is 23.9 Å². The molecule has 0 N–H and O–H groups in total. The number of likely N-dealkylation sites (N-methyl/N-ethyl adjacent to an activating group) is 1. The summed E-state index contributed by atoms with van der Waals surface area (Å²) < 4.78 is 12.5. The van der Waals surface area contributed by atoms with Crippen molar-refractivity contribution in [2.24, 2.45) is 43.3 Å². The van der Waals surface area contributed by atoms with E-state index in [4.69, 9.17) is 14.3 Å². The maximum Gasteiger partial charge on any atom is 0.370 e. The van der Waals surface area contributed by atoms with Gasteiger partial charge >= 0.3 is 17.9 Å². The minimum Gasteiger partial charge on any atom is -0.465 e.